The van der Waals surface area contributed by atoms with E-state index in [9.17, 15) is 5.11 Å². The second-order valence-electron chi connectivity index (χ2n) is 2.85. The molecule has 0 saturated carbocycles. The van der Waals surface area contributed by atoms with E-state index in [2.05, 4.69) is 0 Å². The molecule has 1 aromatic rings. The van der Waals surface area contributed by atoms with Gasteiger partial charge in [0.2, 0.25) is 0 Å². The highest BCUT2D eigenvalue weighted by molar-refractivity contribution is 7.16. The lowest BCUT2D eigenvalue weighted by atomic mass is 10.2. The zero-order chi connectivity index (χ0) is 9.68. The molecule has 0 radical (unpaired) electrons. The number of ether oxygens (including phenoxy) is 1. The summed E-state index contributed by atoms with van der Waals surface area (Å²) in [5.41, 5.74) is 0. The van der Waals surface area contributed by atoms with Crippen molar-refractivity contribution in [3.05, 3.63) is 21.3 Å². The molecule has 0 aromatic carbocycles. The number of aryl methyl sites for hydroxylation is 1. The summed E-state index contributed by atoms with van der Waals surface area (Å²) < 4.78 is 5.63. The van der Waals surface area contributed by atoms with Crippen molar-refractivity contribution >= 4 is 22.9 Å². The van der Waals surface area contributed by atoms with Crippen molar-refractivity contribution in [1.82, 2.24) is 0 Å². The topological polar surface area (TPSA) is 29.5 Å². The lowest BCUT2D eigenvalue weighted by Gasteiger charge is -2.07. The SMILES string of the molecule is COCC(O)CCc1ccc(Cl)s1. The Morgan fingerprint density at radius 3 is 2.92 bits per heavy atom. The summed E-state index contributed by atoms with van der Waals surface area (Å²) >= 11 is 7.33. The van der Waals surface area contributed by atoms with Crippen LogP contribution in [0.25, 0.3) is 0 Å². The van der Waals surface area contributed by atoms with Crippen molar-refractivity contribution in [2.75, 3.05) is 13.7 Å². The minimum atomic E-state index is -0.370. The Bertz CT molecular complexity index is 250. The molecule has 0 fully saturated rings. The lowest BCUT2D eigenvalue weighted by Crippen LogP contribution is -2.14. The molecule has 4 heteroatoms. The van der Waals surface area contributed by atoms with Gasteiger partial charge in [-0.1, -0.05) is 11.6 Å². The standard InChI is InChI=1S/C9H13ClO2S/c1-12-6-7(11)2-3-8-4-5-9(10)13-8/h4-5,7,11H,2-3,6H2,1H3. The minimum Gasteiger partial charge on any atom is -0.391 e. The van der Waals surface area contributed by atoms with Crippen molar-refractivity contribution in [1.29, 1.82) is 0 Å². The average Bonchev–Trinajstić information content (AvgIpc) is 2.49. The number of methoxy groups -OCH3 is 1. The van der Waals surface area contributed by atoms with E-state index in [0.29, 0.717) is 6.61 Å². The van der Waals surface area contributed by atoms with E-state index < -0.39 is 0 Å². The summed E-state index contributed by atoms with van der Waals surface area (Å²) in [7, 11) is 1.59. The quantitative estimate of drug-likeness (QED) is 0.826. The summed E-state index contributed by atoms with van der Waals surface area (Å²) in [4.78, 5) is 1.21. The lowest BCUT2D eigenvalue weighted by molar-refractivity contribution is 0.0596. The monoisotopic (exact) mass is 220 g/mol. The molecule has 1 rings (SSSR count). The van der Waals surface area contributed by atoms with Gasteiger partial charge >= 0.3 is 0 Å². The highest BCUT2D eigenvalue weighted by Crippen LogP contribution is 2.22. The molecule has 1 atom stereocenters. The van der Waals surface area contributed by atoms with Gasteiger partial charge in [0.1, 0.15) is 0 Å². The van der Waals surface area contributed by atoms with Crippen LogP contribution < -0.4 is 0 Å². The molecule has 1 aromatic heterocycles. The minimum absolute atomic E-state index is 0.370. The van der Waals surface area contributed by atoms with Gasteiger partial charge in [-0.3, -0.25) is 0 Å². The van der Waals surface area contributed by atoms with Gasteiger partial charge in [-0.05, 0) is 25.0 Å². The third kappa shape index (κ3) is 4.09. The summed E-state index contributed by atoms with van der Waals surface area (Å²) in [5.74, 6) is 0. The van der Waals surface area contributed by atoms with Crippen molar-refractivity contribution in [3.8, 4) is 0 Å². The van der Waals surface area contributed by atoms with Crippen molar-refractivity contribution in [2.45, 2.75) is 18.9 Å². The van der Waals surface area contributed by atoms with E-state index in [1.165, 1.54) is 4.88 Å². The number of thiophene rings is 1. The van der Waals surface area contributed by atoms with Crippen LogP contribution in [0.4, 0.5) is 0 Å². The second kappa shape index (κ2) is 5.60. The maximum absolute atomic E-state index is 9.36. The highest BCUT2D eigenvalue weighted by Gasteiger charge is 2.04. The fourth-order valence-corrected chi connectivity index (χ4v) is 2.17. The van der Waals surface area contributed by atoms with Gasteiger partial charge in [0.15, 0.2) is 0 Å². The molecular formula is C9H13ClO2S. The van der Waals surface area contributed by atoms with E-state index >= 15 is 0 Å². The predicted molar refractivity (Wildman–Crippen MR) is 55.5 cm³/mol. The van der Waals surface area contributed by atoms with Crippen LogP contribution in [0.1, 0.15) is 11.3 Å². The molecule has 0 aliphatic heterocycles. The fraction of sp³-hybridized carbons (Fsp3) is 0.556. The fourth-order valence-electron chi connectivity index (χ4n) is 1.07. The van der Waals surface area contributed by atoms with Crippen LogP contribution in [0.2, 0.25) is 4.34 Å². The summed E-state index contributed by atoms with van der Waals surface area (Å²) in [6.07, 6.45) is 1.22. The Morgan fingerprint density at radius 1 is 1.62 bits per heavy atom. The van der Waals surface area contributed by atoms with Gasteiger partial charge in [0.05, 0.1) is 17.0 Å². The number of aliphatic hydroxyl groups excluding tert-OH is 1. The molecule has 0 aliphatic rings. The summed E-state index contributed by atoms with van der Waals surface area (Å²) in [5, 5.41) is 9.36. The normalized spacial score (nSPS) is 13.2. The molecule has 0 saturated heterocycles. The van der Waals surface area contributed by atoms with Crippen molar-refractivity contribution in [3.63, 3.8) is 0 Å². The first kappa shape index (κ1) is 11.0. The van der Waals surface area contributed by atoms with Crippen molar-refractivity contribution in [2.24, 2.45) is 0 Å². The van der Waals surface area contributed by atoms with Crippen LogP contribution in [0.15, 0.2) is 12.1 Å². The number of aliphatic hydroxyl groups is 1. The Hall–Kier alpha value is -0.0900. The zero-order valence-electron chi connectivity index (χ0n) is 7.50. The van der Waals surface area contributed by atoms with Gasteiger partial charge in [-0.25, -0.2) is 0 Å². The molecule has 0 spiro atoms. The van der Waals surface area contributed by atoms with Crippen LogP contribution in [-0.2, 0) is 11.2 Å². The molecule has 1 N–H and O–H groups in total. The zero-order valence-corrected chi connectivity index (χ0v) is 9.07. The summed E-state index contributed by atoms with van der Waals surface area (Å²) in [6, 6.07) is 3.87. The largest absolute Gasteiger partial charge is 0.391 e. The van der Waals surface area contributed by atoms with E-state index in [-0.39, 0.29) is 6.10 Å². The number of hydrogen-bond acceptors (Lipinski definition) is 3. The molecule has 74 valence electrons. The van der Waals surface area contributed by atoms with Crippen LogP contribution in [0.5, 0.6) is 0 Å². The number of hydrogen-bond donors (Lipinski definition) is 1. The van der Waals surface area contributed by atoms with E-state index in [1.54, 1.807) is 18.4 Å². The molecule has 0 bridgehead atoms. The van der Waals surface area contributed by atoms with Crippen LogP contribution in [-0.4, -0.2) is 24.9 Å². The molecule has 1 heterocycles. The molecule has 1 unspecified atom stereocenters. The molecule has 13 heavy (non-hydrogen) atoms. The average molecular weight is 221 g/mol. The molecule has 0 amide bonds. The maximum Gasteiger partial charge on any atom is 0.0931 e. The third-order valence-electron chi connectivity index (χ3n) is 1.71. The third-order valence-corrected chi connectivity index (χ3v) is 3.00. The first-order valence-electron chi connectivity index (χ1n) is 4.13. The maximum atomic E-state index is 9.36. The van der Waals surface area contributed by atoms with Gasteiger partial charge in [-0.2, -0.15) is 0 Å². The second-order valence-corrected chi connectivity index (χ2v) is 4.65. The van der Waals surface area contributed by atoms with Gasteiger partial charge in [0.25, 0.3) is 0 Å². The van der Waals surface area contributed by atoms with Crippen LogP contribution >= 0.6 is 22.9 Å². The Morgan fingerprint density at radius 2 is 2.38 bits per heavy atom. The van der Waals surface area contributed by atoms with E-state index in [1.807, 2.05) is 12.1 Å². The van der Waals surface area contributed by atoms with E-state index in [0.717, 1.165) is 17.2 Å². The number of halogens is 1. The van der Waals surface area contributed by atoms with E-state index in [4.69, 9.17) is 16.3 Å². The van der Waals surface area contributed by atoms with Gasteiger partial charge in [0, 0.05) is 12.0 Å². The highest BCUT2D eigenvalue weighted by atomic mass is 35.5. The molecule has 2 nitrogen and oxygen atoms in total. The Balaban J connectivity index is 2.26. The van der Waals surface area contributed by atoms with Gasteiger partial charge in [-0.15, -0.1) is 11.3 Å². The first-order chi connectivity index (χ1) is 6.22. The Labute approximate surface area is 87.1 Å². The Kier molecular flexibility index (Phi) is 4.73. The van der Waals surface area contributed by atoms with Crippen molar-refractivity contribution < 1.29 is 9.84 Å². The molecular weight excluding hydrogens is 208 g/mol. The number of rotatable bonds is 5. The van der Waals surface area contributed by atoms with Crippen LogP contribution in [0.3, 0.4) is 0 Å². The predicted octanol–water partition coefficient (Wildman–Crippen LogP) is 2.34. The first-order valence-corrected chi connectivity index (χ1v) is 5.33. The van der Waals surface area contributed by atoms with Crippen LogP contribution in [0, 0.1) is 0 Å². The molecule has 0 aliphatic carbocycles. The van der Waals surface area contributed by atoms with Gasteiger partial charge < -0.3 is 9.84 Å². The summed E-state index contributed by atoms with van der Waals surface area (Å²) in [6.45, 7) is 0.402. The smallest absolute Gasteiger partial charge is 0.0931 e.